The molecule has 0 saturated carbocycles. The van der Waals surface area contributed by atoms with E-state index in [1.165, 1.54) is 0 Å². The minimum atomic E-state index is -0.185. The lowest BCUT2D eigenvalue weighted by Gasteiger charge is -2.06. The number of alkyl halides is 1. The van der Waals surface area contributed by atoms with Crippen LogP contribution in [0.15, 0.2) is 11.5 Å². The van der Waals surface area contributed by atoms with Gasteiger partial charge in [-0.15, -0.1) is 11.6 Å². The van der Waals surface area contributed by atoms with Gasteiger partial charge in [0, 0.05) is 25.4 Å². The summed E-state index contributed by atoms with van der Waals surface area (Å²) in [7, 11) is 0. The van der Waals surface area contributed by atoms with E-state index in [1.54, 1.807) is 0 Å². The third-order valence-corrected chi connectivity index (χ3v) is 2.16. The van der Waals surface area contributed by atoms with E-state index in [2.05, 4.69) is 16.0 Å². The van der Waals surface area contributed by atoms with Crippen molar-refractivity contribution in [2.75, 3.05) is 19.0 Å². The summed E-state index contributed by atoms with van der Waals surface area (Å²) in [5.41, 5.74) is 0.243. The van der Waals surface area contributed by atoms with Crippen molar-refractivity contribution in [1.29, 1.82) is 5.26 Å². The van der Waals surface area contributed by atoms with Crippen LogP contribution >= 0.6 is 11.6 Å². The van der Waals surface area contributed by atoms with Crippen molar-refractivity contribution < 1.29 is 4.79 Å². The standard InChI is InChI=1S/C9H13ClN4O/c10-3-1-2-8(15)14-7(6-11)9-12-4-5-13-9/h12-13H,1-5H2,(H,14,15). The fraction of sp³-hybridized carbons (Fsp3) is 0.556. The van der Waals surface area contributed by atoms with Gasteiger partial charge in [0.25, 0.3) is 0 Å². The molecule has 1 saturated heterocycles. The number of hydrogen-bond donors (Lipinski definition) is 3. The Morgan fingerprint density at radius 3 is 2.73 bits per heavy atom. The van der Waals surface area contributed by atoms with Crippen LogP contribution in [0.4, 0.5) is 0 Å². The summed E-state index contributed by atoms with van der Waals surface area (Å²) in [4.78, 5) is 11.3. The third kappa shape index (κ3) is 3.68. The Balaban J connectivity index is 2.50. The van der Waals surface area contributed by atoms with E-state index < -0.39 is 0 Å². The molecule has 3 N–H and O–H groups in total. The van der Waals surface area contributed by atoms with Gasteiger partial charge in [0.2, 0.25) is 5.91 Å². The Morgan fingerprint density at radius 2 is 2.20 bits per heavy atom. The summed E-state index contributed by atoms with van der Waals surface area (Å²) in [5.74, 6) is 0.856. The van der Waals surface area contributed by atoms with Gasteiger partial charge in [-0.05, 0) is 6.42 Å². The molecule has 1 aliphatic heterocycles. The summed E-state index contributed by atoms with van der Waals surface area (Å²) in [6.07, 6.45) is 0.949. The summed E-state index contributed by atoms with van der Waals surface area (Å²) in [6, 6.07) is 1.94. The zero-order valence-corrected chi connectivity index (χ0v) is 9.02. The van der Waals surface area contributed by atoms with Crippen molar-refractivity contribution in [2.24, 2.45) is 0 Å². The Hall–Kier alpha value is -1.41. The SMILES string of the molecule is N#CC(NC(=O)CCCCl)=C1NCCN1. The van der Waals surface area contributed by atoms with E-state index in [0.717, 1.165) is 13.1 Å². The normalized spacial score (nSPS) is 13.7. The van der Waals surface area contributed by atoms with Gasteiger partial charge in [0.1, 0.15) is 11.9 Å². The molecule has 0 spiro atoms. The van der Waals surface area contributed by atoms with E-state index in [1.807, 2.05) is 6.07 Å². The first-order valence-corrected chi connectivity index (χ1v) is 5.29. The molecule has 0 radical (unpaired) electrons. The number of carbonyl (C=O) groups excluding carboxylic acids is 1. The molecule has 0 aromatic rings. The van der Waals surface area contributed by atoms with E-state index >= 15 is 0 Å². The van der Waals surface area contributed by atoms with Gasteiger partial charge in [-0.25, -0.2) is 0 Å². The highest BCUT2D eigenvalue weighted by Crippen LogP contribution is 1.99. The molecule has 0 aromatic heterocycles. The molecule has 1 amide bonds. The Bertz CT molecular complexity index is 300. The molecule has 1 rings (SSSR count). The second-order valence-corrected chi connectivity index (χ2v) is 3.43. The maximum absolute atomic E-state index is 11.3. The van der Waals surface area contributed by atoms with Crippen LogP contribution in [0.1, 0.15) is 12.8 Å². The van der Waals surface area contributed by atoms with Crippen LogP contribution in [-0.4, -0.2) is 24.9 Å². The van der Waals surface area contributed by atoms with Gasteiger partial charge in [-0.2, -0.15) is 5.26 Å². The van der Waals surface area contributed by atoms with E-state index in [-0.39, 0.29) is 11.6 Å². The summed E-state index contributed by atoms with van der Waals surface area (Å²) < 4.78 is 0. The average Bonchev–Trinajstić information content (AvgIpc) is 2.76. The predicted molar refractivity (Wildman–Crippen MR) is 56.7 cm³/mol. The summed E-state index contributed by atoms with van der Waals surface area (Å²) in [5, 5.41) is 17.3. The minimum Gasteiger partial charge on any atom is -0.368 e. The number of nitrogens with one attached hydrogen (secondary N) is 3. The molecular weight excluding hydrogens is 216 g/mol. The van der Waals surface area contributed by atoms with Crippen molar-refractivity contribution in [3.63, 3.8) is 0 Å². The summed E-state index contributed by atoms with van der Waals surface area (Å²) >= 11 is 5.46. The van der Waals surface area contributed by atoms with Gasteiger partial charge in [0.15, 0.2) is 5.70 Å². The van der Waals surface area contributed by atoms with Crippen molar-refractivity contribution in [3.8, 4) is 6.07 Å². The zero-order valence-electron chi connectivity index (χ0n) is 8.27. The molecule has 15 heavy (non-hydrogen) atoms. The number of allylic oxidation sites excluding steroid dienone is 1. The first-order valence-electron chi connectivity index (χ1n) is 4.76. The van der Waals surface area contributed by atoms with E-state index in [0.29, 0.717) is 24.5 Å². The molecule has 82 valence electrons. The molecule has 0 bridgehead atoms. The van der Waals surface area contributed by atoms with Crippen LogP contribution in [-0.2, 0) is 4.79 Å². The van der Waals surface area contributed by atoms with Crippen LogP contribution in [0.2, 0.25) is 0 Å². The summed E-state index contributed by atoms with van der Waals surface area (Å²) in [6.45, 7) is 1.52. The number of amides is 1. The highest BCUT2D eigenvalue weighted by Gasteiger charge is 2.13. The zero-order chi connectivity index (χ0) is 11.1. The van der Waals surface area contributed by atoms with Crippen molar-refractivity contribution in [1.82, 2.24) is 16.0 Å². The topological polar surface area (TPSA) is 77.0 Å². The fourth-order valence-corrected chi connectivity index (χ4v) is 1.32. The number of nitrogens with zero attached hydrogens (tertiary/aromatic N) is 1. The molecule has 0 aromatic carbocycles. The fourth-order valence-electron chi connectivity index (χ4n) is 1.19. The highest BCUT2D eigenvalue weighted by atomic mass is 35.5. The number of carbonyl (C=O) groups is 1. The van der Waals surface area contributed by atoms with Gasteiger partial charge in [-0.1, -0.05) is 0 Å². The number of rotatable bonds is 4. The van der Waals surface area contributed by atoms with Crippen LogP contribution in [0.5, 0.6) is 0 Å². The van der Waals surface area contributed by atoms with Gasteiger partial charge in [0.05, 0.1) is 0 Å². The number of hydrogen-bond acceptors (Lipinski definition) is 4. The van der Waals surface area contributed by atoms with Gasteiger partial charge >= 0.3 is 0 Å². The van der Waals surface area contributed by atoms with Crippen LogP contribution in [0.25, 0.3) is 0 Å². The van der Waals surface area contributed by atoms with Crippen LogP contribution < -0.4 is 16.0 Å². The molecule has 1 heterocycles. The molecule has 0 unspecified atom stereocenters. The van der Waals surface area contributed by atoms with E-state index in [9.17, 15) is 4.79 Å². The lowest BCUT2D eigenvalue weighted by molar-refractivity contribution is -0.120. The first kappa shape index (κ1) is 11.7. The second kappa shape index (κ2) is 6.14. The van der Waals surface area contributed by atoms with Gasteiger partial charge < -0.3 is 16.0 Å². The lowest BCUT2D eigenvalue weighted by atomic mass is 10.3. The average molecular weight is 229 g/mol. The lowest BCUT2D eigenvalue weighted by Crippen LogP contribution is -2.27. The number of halogens is 1. The maximum Gasteiger partial charge on any atom is 0.225 e. The molecule has 5 nitrogen and oxygen atoms in total. The Labute approximate surface area is 93.5 Å². The smallest absolute Gasteiger partial charge is 0.225 e. The number of nitriles is 1. The molecule has 1 fully saturated rings. The van der Waals surface area contributed by atoms with E-state index in [4.69, 9.17) is 16.9 Å². The monoisotopic (exact) mass is 228 g/mol. The third-order valence-electron chi connectivity index (χ3n) is 1.89. The Kier molecular flexibility index (Phi) is 4.78. The Morgan fingerprint density at radius 1 is 1.53 bits per heavy atom. The minimum absolute atomic E-state index is 0.185. The highest BCUT2D eigenvalue weighted by molar-refractivity contribution is 6.17. The van der Waals surface area contributed by atoms with Crippen molar-refractivity contribution in [2.45, 2.75) is 12.8 Å². The second-order valence-electron chi connectivity index (χ2n) is 3.06. The van der Waals surface area contributed by atoms with Crippen molar-refractivity contribution in [3.05, 3.63) is 11.5 Å². The molecule has 0 aliphatic carbocycles. The molecule has 6 heteroatoms. The van der Waals surface area contributed by atoms with Crippen LogP contribution in [0, 0.1) is 11.3 Å². The maximum atomic E-state index is 11.3. The quantitative estimate of drug-likeness (QED) is 0.468. The van der Waals surface area contributed by atoms with Crippen molar-refractivity contribution >= 4 is 17.5 Å². The molecule has 0 atom stereocenters. The van der Waals surface area contributed by atoms with Gasteiger partial charge in [-0.3, -0.25) is 4.79 Å². The predicted octanol–water partition coefficient (Wildman–Crippen LogP) is 0.00708. The largest absolute Gasteiger partial charge is 0.368 e. The molecule has 1 aliphatic rings. The van der Waals surface area contributed by atoms with Crippen LogP contribution in [0.3, 0.4) is 0 Å². The molecular formula is C9H13ClN4O. The first-order chi connectivity index (χ1) is 7.27.